The van der Waals surface area contributed by atoms with Crippen LogP contribution in [-0.2, 0) is 16.6 Å². The van der Waals surface area contributed by atoms with Crippen molar-refractivity contribution in [1.82, 2.24) is 9.21 Å². The lowest BCUT2D eigenvalue weighted by Gasteiger charge is -2.26. The van der Waals surface area contributed by atoms with Crippen molar-refractivity contribution in [2.24, 2.45) is 0 Å². The van der Waals surface area contributed by atoms with Crippen molar-refractivity contribution < 1.29 is 8.42 Å². The van der Waals surface area contributed by atoms with E-state index in [4.69, 9.17) is 0 Å². The van der Waals surface area contributed by atoms with Crippen LogP contribution in [0, 0.1) is 0 Å². The van der Waals surface area contributed by atoms with Gasteiger partial charge in [0.15, 0.2) is 0 Å². The number of sulfonamides is 1. The molecule has 0 unspecified atom stereocenters. The molecular weight excluding hydrogens is 352 g/mol. The van der Waals surface area contributed by atoms with E-state index in [0.29, 0.717) is 18.0 Å². The number of fused-ring (bicyclic) bond motifs is 1. The molecule has 0 bridgehead atoms. The summed E-state index contributed by atoms with van der Waals surface area (Å²) >= 11 is 1.77. The molecule has 2 aromatic rings. The van der Waals surface area contributed by atoms with Crippen molar-refractivity contribution in [2.45, 2.75) is 30.7 Å². The largest absolute Gasteiger partial charge is 0.369 e. The van der Waals surface area contributed by atoms with Gasteiger partial charge in [-0.05, 0) is 48.1 Å². The van der Waals surface area contributed by atoms with E-state index in [-0.39, 0.29) is 0 Å². The fraction of sp³-hybridized carbons (Fsp3) is 0.368. The summed E-state index contributed by atoms with van der Waals surface area (Å²) in [5.74, 6) is 0. The van der Waals surface area contributed by atoms with Gasteiger partial charge in [0.1, 0.15) is 0 Å². The predicted molar refractivity (Wildman–Crippen MR) is 102 cm³/mol. The molecule has 0 aliphatic carbocycles. The van der Waals surface area contributed by atoms with Crippen LogP contribution in [0.5, 0.6) is 0 Å². The zero-order valence-corrected chi connectivity index (χ0v) is 15.7. The summed E-state index contributed by atoms with van der Waals surface area (Å²) in [4.78, 5) is 2.66. The Bertz CT molecular complexity index is 956. The molecule has 4 nitrogen and oxygen atoms in total. The van der Waals surface area contributed by atoms with Crippen LogP contribution in [0.1, 0.15) is 24.8 Å². The summed E-state index contributed by atoms with van der Waals surface area (Å²) in [6.45, 7) is 2.97. The zero-order chi connectivity index (χ0) is 17.3. The van der Waals surface area contributed by atoms with E-state index < -0.39 is 10.0 Å². The third-order valence-electron chi connectivity index (χ3n) is 4.82. The van der Waals surface area contributed by atoms with E-state index >= 15 is 0 Å². The van der Waals surface area contributed by atoms with Crippen LogP contribution in [0.25, 0.3) is 12.3 Å². The first-order valence-corrected chi connectivity index (χ1v) is 11.0. The number of thiophene rings is 1. The summed E-state index contributed by atoms with van der Waals surface area (Å²) in [6.07, 6.45) is 7.48. The normalized spacial score (nSPS) is 18.3. The first-order chi connectivity index (χ1) is 12.1. The number of nitrogens with zero attached hydrogens (tertiary/aromatic N) is 2. The van der Waals surface area contributed by atoms with Gasteiger partial charge in [-0.15, -0.1) is 11.3 Å². The van der Waals surface area contributed by atoms with Gasteiger partial charge in [0.2, 0.25) is 10.0 Å². The molecule has 0 N–H and O–H groups in total. The molecule has 4 rings (SSSR count). The van der Waals surface area contributed by atoms with Crippen LogP contribution in [0.2, 0.25) is 0 Å². The van der Waals surface area contributed by atoms with E-state index in [2.05, 4.69) is 28.6 Å². The highest BCUT2D eigenvalue weighted by atomic mass is 32.2. The van der Waals surface area contributed by atoms with Gasteiger partial charge >= 0.3 is 0 Å². The summed E-state index contributed by atoms with van der Waals surface area (Å²) < 4.78 is 28.4. The Kier molecular flexibility index (Phi) is 4.67. The minimum absolute atomic E-state index is 0.410. The molecule has 1 aromatic heterocycles. The fourth-order valence-electron chi connectivity index (χ4n) is 3.42. The lowest BCUT2D eigenvalue weighted by atomic mass is 10.2. The Balaban J connectivity index is 1.49. The van der Waals surface area contributed by atoms with E-state index in [0.717, 1.165) is 37.9 Å². The second-order valence-electron chi connectivity index (χ2n) is 6.61. The molecule has 2 aliphatic rings. The lowest BCUT2D eigenvalue weighted by molar-refractivity contribution is 0.346. The molecule has 0 spiro atoms. The van der Waals surface area contributed by atoms with Crippen LogP contribution in [0.4, 0.5) is 0 Å². The van der Waals surface area contributed by atoms with E-state index in [1.165, 1.54) is 9.75 Å². The Morgan fingerprint density at radius 2 is 1.76 bits per heavy atom. The van der Waals surface area contributed by atoms with Crippen molar-refractivity contribution in [3.05, 3.63) is 51.0 Å². The van der Waals surface area contributed by atoms with Gasteiger partial charge in [-0.2, -0.15) is 4.31 Å². The van der Waals surface area contributed by atoms with E-state index in [1.807, 2.05) is 12.1 Å². The second-order valence-corrected chi connectivity index (χ2v) is 9.50. The number of hydrogen-bond acceptors (Lipinski definition) is 4. The molecule has 6 heteroatoms. The minimum atomic E-state index is -3.34. The summed E-state index contributed by atoms with van der Waals surface area (Å²) in [6, 6.07) is 9.52. The van der Waals surface area contributed by atoms with E-state index in [9.17, 15) is 8.42 Å². The summed E-state index contributed by atoms with van der Waals surface area (Å²) in [5, 5.41) is 3.38. The Labute approximate surface area is 152 Å². The number of benzene rings is 1. The molecule has 1 fully saturated rings. The Morgan fingerprint density at radius 3 is 2.52 bits per heavy atom. The molecule has 3 heterocycles. The van der Waals surface area contributed by atoms with Crippen LogP contribution in [-0.4, -0.2) is 37.3 Å². The molecule has 0 radical (unpaired) electrons. The Morgan fingerprint density at radius 1 is 1.00 bits per heavy atom. The fourth-order valence-corrected chi connectivity index (χ4v) is 5.72. The van der Waals surface area contributed by atoms with Gasteiger partial charge in [-0.1, -0.05) is 18.6 Å². The molecule has 0 amide bonds. The van der Waals surface area contributed by atoms with Crippen molar-refractivity contribution in [3.8, 4) is 0 Å². The maximum absolute atomic E-state index is 12.7. The van der Waals surface area contributed by atoms with Gasteiger partial charge in [0.05, 0.1) is 4.90 Å². The second kappa shape index (κ2) is 6.94. The van der Waals surface area contributed by atoms with Crippen molar-refractivity contribution >= 4 is 33.6 Å². The lowest BCUT2D eigenvalue weighted by Crippen LogP contribution is -2.35. The first kappa shape index (κ1) is 16.8. The van der Waals surface area contributed by atoms with Crippen molar-refractivity contribution in [3.63, 3.8) is 0 Å². The monoisotopic (exact) mass is 374 g/mol. The topological polar surface area (TPSA) is 40.6 Å². The predicted octanol–water partition coefficient (Wildman–Crippen LogP) is 1.96. The molecular formula is C19H22N2O2S2. The molecule has 132 valence electrons. The molecule has 0 atom stereocenters. The maximum atomic E-state index is 12.7. The highest BCUT2D eigenvalue weighted by Gasteiger charge is 2.25. The highest BCUT2D eigenvalue weighted by molar-refractivity contribution is 7.89. The summed E-state index contributed by atoms with van der Waals surface area (Å²) in [5.41, 5.74) is 1.13. The highest BCUT2D eigenvalue weighted by Crippen LogP contribution is 2.21. The van der Waals surface area contributed by atoms with Crippen LogP contribution in [0.3, 0.4) is 0 Å². The van der Waals surface area contributed by atoms with Crippen LogP contribution in [0.15, 0.2) is 40.6 Å². The SMILES string of the molecule is O=S(=O)(c1ccc(CN2C=c3ccsc3=CC2)cc1)N1CCCCC1. The van der Waals surface area contributed by atoms with Gasteiger partial charge in [-0.3, -0.25) is 0 Å². The van der Waals surface area contributed by atoms with E-state index in [1.54, 1.807) is 27.8 Å². The summed E-state index contributed by atoms with van der Waals surface area (Å²) in [7, 11) is -3.34. The minimum Gasteiger partial charge on any atom is -0.369 e. The molecule has 0 saturated carbocycles. The zero-order valence-electron chi connectivity index (χ0n) is 14.1. The van der Waals surface area contributed by atoms with Gasteiger partial charge in [0, 0.05) is 42.1 Å². The van der Waals surface area contributed by atoms with Gasteiger partial charge in [-0.25, -0.2) is 8.42 Å². The molecule has 1 aromatic carbocycles. The van der Waals surface area contributed by atoms with Crippen LogP contribution >= 0.6 is 11.3 Å². The average molecular weight is 375 g/mol. The first-order valence-electron chi connectivity index (χ1n) is 8.72. The third kappa shape index (κ3) is 3.52. The number of rotatable bonds is 4. The number of piperidine rings is 1. The molecule has 1 saturated heterocycles. The quantitative estimate of drug-likeness (QED) is 0.821. The van der Waals surface area contributed by atoms with Crippen molar-refractivity contribution in [2.75, 3.05) is 19.6 Å². The van der Waals surface area contributed by atoms with Gasteiger partial charge < -0.3 is 4.90 Å². The van der Waals surface area contributed by atoms with Crippen LogP contribution < -0.4 is 9.75 Å². The van der Waals surface area contributed by atoms with Crippen molar-refractivity contribution in [1.29, 1.82) is 0 Å². The van der Waals surface area contributed by atoms with Gasteiger partial charge in [0.25, 0.3) is 0 Å². The number of hydrogen-bond donors (Lipinski definition) is 0. The third-order valence-corrected chi connectivity index (χ3v) is 7.66. The maximum Gasteiger partial charge on any atom is 0.243 e. The molecule has 25 heavy (non-hydrogen) atoms. The smallest absolute Gasteiger partial charge is 0.243 e. The standard InChI is InChI=1S/C19H22N2O2S2/c22-25(23,21-10-2-1-3-11-21)18-6-4-16(5-7-18)14-20-12-8-19-17(15-20)9-13-24-19/h4-9,13,15H,1-3,10-12,14H2. The molecule has 2 aliphatic heterocycles. The Hall–Kier alpha value is -1.63. The average Bonchev–Trinajstić information content (AvgIpc) is 3.11.